The first-order valence-corrected chi connectivity index (χ1v) is 22.3. The third-order valence-electron chi connectivity index (χ3n) is 11.8. The van der Waals surface area contributed by atoms with Crippen LogP contribution in [-0.4, -0.2) is 88.2 Å². The lowest BCUT2D eigenvalue weighted by molar-refractivity contribution is -0.143. The number of benzene rings is 2. The number of allylic oxidation sites excluding steroid dienone is 1. The Morgan fingerprint density at radius 1 is 1.02 bits per heavy atom. The van der Waals surface area contributed by atoms with Crippen LogP contribution in [0.15, 0.2) is 54.6 Å². The quantitative estimate of drug-likeness (QED) is 0.254. The number of ether oxygens (including phenoxy) is 2. The molecule has 3 fully saturated rings. The number of cyclic esters (lactones) is 1. The highest BCUT2D eigenvalue weighted by Crippen LogP contribution is 2.47. The highest BCUT2D eigenvalue weighted by Gasteiger charge is 2.62. The molecule has 3 N–H and O–H groups in total. The molecule has 0 unspecified atom stereocenters. The Bertz CT molecular complexity index is 2250. The molecule has 1 aromatic heterocycles. The number of amides is 4. The maximum absolute atomic E-state index is 14.9. The number of aromatic nitrogens is 2. The van der Waals surface area contributed by atoms with E-state index in [9.17, 15) is 27.6 Å². The summed E-state index contributed by atoms with van der Waals surface area (Å²) in [6.45, 7) is 10.9. The molecule has 2 aromatic carbocycles. The van der Waals surface area contributed by atoms with Crippen LogP contribution < -0.4 is 20.1 Å². The molecule has 316 valence electrons. The molecule has 14 nitrogen and oxygen atoms in total. The zero-order chi connectivity index (χ0) is 42.3. The van der Waals surface area contributed by atoms with Gasteiger partial charge in [0.15, 0.2) is 0 Å². The summed E-state index contributed by atoms with van der Waals surface area (Å²) in [5.41, 5.74) is 0.353. The zero-order valence-electron chi connectivity index (χ0n) is 34.7. The summed E-state index contributed by atoms with van der Waals surface area (Å²) in [5.74, 6) is -2.03. The fraction of sp³-hybridized carbons (Fsp3) is 0.545. The van der Waals surface area contributed by atoms with Crippen LogP contribution in [0.4, 0.5) is 4.79 Å². The summed E-state index contributed by atoms with van der Waals surface area (Å²) < 4.78 is 40.5. The van der Waals surface area contributed by atoms with E-state index in [2.05, 4.69) is 21.4 Å². The Morgan fingerprint density at radius 2 is 1.76 bits per heavy atom. The predicted octanol–water partition coefficient (Wildman–Crippen LogP) is 6.05. The number of hydrogen-bond acceptors (Lipinski definition) is 10. The van der Waals surface area contributed by atoms with Crippen molar-refractivity contribution in [1.29, 1.82) is 0 Å². The van der Waals surface area contributed by atoms with E-state index in [0.717, 1.165) is 30.4 Å². The normalized spacial score (nSPS) is 26.9. The monoisotopic (exact) mass is 828 g/mol. The van der Waals surface area contributed by atoms with Gasteiger partial charge >= 0.3 is 6.09 Å². The van der Waals surface area contributed by atoms with Gasteiger partial charge in [0.05, 0.1) is 22.8 Å². The minimum atomic E-state index is -3.89. The highest BCUT2D eigenvalue weighted by molar-refractivity contribution is 7.91. The van der Waals surface area contributed by atoms with E-state index in [1.807, 2.05) is 96.1 Å². The number of nitrogens with zero attached hydrogens (tertiary/aromatic N) is 3. The van der Waals surface area contributed by atoms with Crippen LogP contribution in [0.5, 0.6) is 5.88 Å². The average molecular weight is 829 g/mol. The van der Waals surface area contributed by atoms with Crippen LogP contribution in [-0.2, 0) is 29.1 Å². The summed E-state index contributed by atoms with van der Waals surface area (Å²) in [6, 6.07) is 13.1. The minimum absolute atomic E-state index is 0.0114. The third-order valence-corrected chi connectivity index (χ3v) is 13.7. The first kappa shape index (κ1) is 42.1. The van der Waals surface area contributed by atoms with Crippen LogP contribution in [0.1, 0.15) is 105 Å². The zero-order valence-corrected chi connectivity index (χ0v) is 35.6. The smallest absolute Gasteiger partial charge is 0.408 e. The van der Waals surface area contributed by atoms with Crippen LogP contribution in [0.2, 0.25) is 0 Å². The molecule has 2 aliphatic carbocycles. The summed E-state index contributed by atoms with van der Waals surface area (Å²) in [5, 5.41) is 5.09. The minimum Gasteiger partial charge on any atom is -0.471 e. The molecule has 7 rings (SSSR count). The van der Waals surface area contributed by atoms with Crippen molar-refractivity contribution in [2.75, 3.05) is 6.54 Å². The lowest BCUT2D eigenvalue weighted by Crippen LogP contribution is -2.60. The van der Waals surface area contributed by atoms with Crippen LogP contribution in [0.3, 0.4) is 0 Å². The lowest BCUT2D eigenvalue weighted by Gasteiger charge is -2.36. The van der Waals surface area contributed by atoms with Crippen molar-refractivity contribution in [1.82, 2.24) is 30.2 Å². The van der Waals surface area contributed by atoms with E-state index in [-0.39, 0.29) is 31.2 Å². The van der Waals surface area contributed by atoms with Crippen molar-refractivity contribution < 1.29 is 37.1 Å². The van der Waals surface area contributed by atoms with Crippen LogP contribution in [0, 0.1) is 11.3 Å². The molecule has 5 bridgehead atoms. The van der Waals surface area contributed by atoms with Crippen molar-refractivity contribution in [2.24, 2.45) is 11.3 Å². The lowest BCUT2D eigenvalue weighted by atomic mass is 9.85. The van der Waals surface area contributed by atoms with Crippen molar-refractivity contribution in [3.05, 3.63) is 60.2 Å². The van der Waals surface area contributed by atoms with E-state index in [1.165, 1.54) is 4.90 Å². The topological polar surface area (TPSA) is 186 Å². The van der Waals surface area contributed by atoms with E-state index in [4.69, 9.17) is 19.4 Å². The van der Waals surface area contributed by atoms with Crippen molar-refractivity contribution in [3.63, 3.8) is 0 Å². The summed E-state index contributed by atoms with van der Waals surface area (Å²) in [4.78, 5) is 68.0. The van der Waals surface area contributed by atoms with Crippen LogP contribution in [0.25, 0.3) is 28.4 Å². The second-order valence-electron chi connectivity index (χ2n) is 18.2. The number of rotatable bonds is 7. The van der Waals surface area contributed by atoms with E-state index in [0.29, 0.717) is 42.4 Å². The first-order chi connectivity index (χ1) is 27.9. The maximum Gasteiger partial charge on any atom is 0.408 e. The second kappa shape index (κ2) is 16.2. The SMILES string of the molecule is CC[C@@H]1C[C@@]1(NC(=O)[C@@H]1C[C@@H]2CN1C(=O)[C@H](C(C)(C)C)NC(=O)OC(C)(C)CCCC/C=C\c1ccc3nc(-c4ccccc4)c(nc3c1)O2)C(=O)NS(=O)(=O)C1CC1. The number of sulfonamides is 1. The Labute approximate surface area is 346 Å². The van der Waals surface area contributed by atoms with E-state index in [1.54, 1.807) is 0 Å². The third kappa shape index (κ3) is 9.40. The fourth-order valence-corrected chi connectivity index (χ4v) is 9.51. The Hall–Kier alpha value is -5.05. The van der Waals surface area contributed by atoms with Gasteiger partial charge < -0.3 is 25.0 Å². The van der Waals surface area contributed by atoms with Gasteiger partial charge in [0.2, 0.25) is 27.7 Å². The summed E-state index contributed by atoms with van der Waals surface area (Å²) in [6.07, 6.45) is 7.44. The molecule has 2 saturated carbocycles. The molecule has 4 aliphatic rings. The Morgan fingerprint density at radius 3 is 2.44 bits per heavy atom. The molecular formula is C44H56N6O8S. The molecule has 0 spiro atoms. The van der Waals surface area contributed by atoms with Gasteiger partial charge in [0.1, 0.15) is 35.0 Å². The van der Waals surface area contributed by atoms with Crippen molar-refractivity contribution in [2.45, 2.75) is 134 Å². The second-order valence-corrected chi connectivity index (χ2v) is 20.1. The van der Waals surface area contributed by atoms with Gasteiger partial charge in [-0.15, -0.1) is 0 Å². The number of carbonyl (C=O) groups excluding carboxylic acids is 4. The first-order valence-electron chi connectivity index (χ1n) is 20.8. The van der Waals surface area contributed by atoms with Gasteiger partial charge in [-0.1, -0.05) is 82.7 Å². The molecule has 59 heavy (non-hydrogen) atoms. The molecule has 3 heterocycles. The average Bonchev–Trinajstić information content (AvgIpc) is 4.11. The van der Waals surface area contributed by atoms with Gasteiger partial charge in [0.25, 0.3) is 5.91 Å². The molecule has 15 heteroatoms. The predicted molar refractivity (Wildman–Crippen MR) is 223 cm³/mol. The number of alkyl carbamates (subject to hydrolysis) is 1. The van der Waals surface area contributed by atoms with E-state index < -0.39 is 73.8 Å². The highest BCUT2D eigenvalue weighted by atomic mass is 32.2. The number of hydrogen-bond donors (Lipinski definition) is 3. The molecule has 5 atom stereocenters. The summed E-state index contributed by atoms with van der Waals surface area (Å²) >= 11 is 0. The van der Waals surface area contributed by atoms with Gasteiger partial charge in [-0.2, -0.15) is 0 Å². The Kier molecular flexibility index (Phi) is 11.5. The number of carbonyl (C=O) groups is 4. The van der Waals surface area contributed by atoms with Gasteiger partial charge in [0, 0.05) is 12.0 Å². The molecule has 4 amide bonds. The van der Waals surface area contributed by atoms with Crippen molar-refractivity contribution >= 4 is 50.9 Å². The van der Waals surface area contributed by atoms with Crippen molar-refractivity contribution in [3.8, 4) is 17.1 Å². The largest absolute Gasteiger partial charge is 0.471 e. The molecular weight excluding hydrogens is 773 g/mol. The molecule has 1 saturated heterocycles. The van der Waals surface area contributed by atoms with Crippen LogP contribution >= 0.6 is 0 Å². The van der Waals surface area contributed by atoms with Gasteiger partial charge in [-0.3, -0.25) is 19.1 Å². The number of fused-ring (bicyclic) bond motifs is 4. The fourth-order valence-electron chi connectivity index (χ4n) is 8.15. The maximum atomic E-state index is 14.9. The standard InChI is InChI=1S/C44H56N6O8S/c1-7-29-25-44(29,40(53)49-59(55,56)31-19-20-31)48-37(51)34-24-30-26-50(34)39(52)36(42(2,3)4)47-41(54)58-43(5,6)22-14-9-8-11-15-27-18-21-32-33(23-27)46-38(57-30)35(45-32)28-16-12-10-13-17-28/h10-13,15-18,21,23,29-31,34,36H,7-9,14,19-20,22,24-26H2,1-6H3,(H,47,54)(H,48,51)(H,49,53)/b15-11-/t29-,30-,34+,36-,44+/m1/s1. The van der Waals surface area contributed by atoms with E-state index >= 15 is 0 Å². The van der Waals surface area contributed by atoms with Gasteiger partial charge in [-0.05, 0) is 87.8 Å². The Balaban J connectivity index is 1.27. The summed E-state index contributed by atoms with van der Waals surface area (Å²) in [7, 11) is -3.89. The molecule has 0 radical (unpaired) electrons. The molecule has 3 aromatic rings. The number of nitrogens with one attached hydrogen (secondary N) is 3. The molecule has 2 aliphatic heterocycles. The van der Waals surface area contributed by atoms with Gasteiger partial charge in [-0.25, -0.2) is 23.2 Å².